The minimum Gasteiger partial charge on any atom is -0.497 e. The van der Waals surface area contributed by atoms with Crippen molar-refractivity contribution in [1.82, 2.24) is 0 Å². The van der Waals surface area contributed by atoms with Gasteiger partial charge in [-0.2, -0.15) is 0 Å². The molecule has 0 N–H and O–H groups in total. The number of rotatable bonds is 6. The van der Waals surface area contributed by atoms with Crippen molar-refractivity contribution in [2.75, 3.05) is 28.4 Å². The van der Waals surface area contributed by atoms with E-state index in [1.807, 2.05) is 25.1 Å². The lowest BCUT2D eigenvalue weighted by molar-refractivity contribution is 0.122. The summed E-state index contributed by atoms with van der Waals surface area (Å²) in [4.78, 5) is 0. The van der Waals surface area contributed by atoms with Gasteiger partial charge in [0.2, 0.25) is 0 Å². The lowest BCUT2D eigenvalue weighted by atomic mass is 10.1. The maximum atomic E-state index is 5.41. The van der Waals surface area contributed by atoms with E-state index in [-0.39, 0.29) is 0 Å². The molecule has 4 nitrogen and oxygen atoms in total. The predicted octanol–water partition coefficient (Wildman–Crippen LogP) is 1.96. The van der Waals surface area contributed by atoms with Gasteiger partial charge in [0.05, 0.1) is 7.11 Å². The highest BCUT2D eigenvalue weighted by Gasteiger charge is 2.38. The van der Waals surface area contributed by atoms with Crippen LogP contribution >= 0.6 is 0 Å². The Morgan fingerprint density at radius 3 is 2.00 bits per heavy atom. The zero-order chi connectivity index (χ0) is 12.9. The number of ether oxygens (including phenoxy) is 1. The highest BCUT2D eigenvalue weighted by molar-refractivity contribution is 6.60. The number of aryl methyl sites for hydroxylation is 1. The molecule has 0 aromatic heterocycles. The third-order valence-electron chi connectivity index (χ3n) is 2.89. The second-order valence-electron chi connectivity index (χ2n) is 3.76. The Balaban J connectivity index is 2.94. The first-order chi connectivity index (χ1) is 8.10. The molecule has 96 valence electrons. The van der Waals surface area contributed by atoms with Gasteiger partial charge < -0.3 is 18.0 Å². The number of hydrogen-bond donors (Lipinski definition) is 0. The summed E-state index contributed by atoms with van der Waals surface area (Å²) >= 11 is 0. The monoisotopic (exact) mass is 256 g/mol. The Morgan fingerprint density at radius 2 is 1.59 bits per heavy atom. The molecule has 0 aliphatic carbocycles. The Hall–Kier alpha value is -0.883. The Labute approximate surface area is 104 Å². The van der Waals surface area contributed by atoms with Gasteiger partial charge in [0.15, 0.2) is 0 Å². The largest absolute Gasteiger partial charge is 0.504 e. The van der Waals surface area contributed by atoms with Crippen LogP contribution in [0.15, 0.2) is 18.2 Å². The SMILES string of the molecule is COc1ccc(C[Si](OC)(OC)OC)c(C)c1. The third-order valence-corrected chi connectivity index (χ3v) is 5.57. The van der Waals surface area contributed by atoms with Crippen LogP contribution in [0.25, 0.3) is 0 Å². The van der Waals surface area contributed by atoms with E-state index in [4.69, 9.17) is 18.0 Å². The summed E-state index contributed by atoms with van der Waals surface area (Å²) in [5, 5.41) is 0. The molecule has 0 heterocycles. The molecule has 0 bridgehead atoms. The van der Waals surface area contributed by atoms with Crippen LogP contribution in [0, 0.1) is 6.92 Å². The smallest absolute Gasteiger partial charge is 0.497 e. The van der Waals surface area contributed by atoms with Crippen LogP contribution in [0.5, 0.6) is 5.75 Å². The van der Waals surface area contributed by atoms with E-state index < -0.39 is 8.80 Å². The summed E-state index contributed by atoms with van der Waals surface area (Å²) in [7, 11) is 3.97. The molecule has 0 saturated heterocycles. The third kappa shape index (κ3) is 3.29. The van der Waals surface area contributed by atoms with Gasteiger partial charge in [0.1, 0.15) is 5.75 Å². The molecule has 0 aliphatic rings. The summed E-state index contributed by atoms with van der Waals surface area (Å²) < 4.78 is 21.4. The summed E-state index contributed by atoms with van der Waals surface area (Å²) in [6, 6.07) is 6.61. The molecule has 0 spiro atoms. The normalized spacial score (nSPS) is 11.6. The van der Waals surface area contributed by atoms with Crippen LogP contribution < -0.4 is 4.74 Å². The maximum Gasteiger partial charge on any atom is 0.504 e. The van der Waals surface area contributed by atoms with Gasteiger partial charge in [-0.25, -0.2) is 0 Å². The molecule has 0 unspecified atom stereocenters. The first kappa shape index (κ1) is 14.2. The van der Waals surface area contributed by atoms with Gasteiger partial charge in [-0.05, 0) is 30.2 Å². The van der Waals surface area contributed by atoms with E-state index in [1.54, 1.807) is 28.4 Å². The number of hydrogen-bond acceptors (Lipinski definition) is 4. The summed E-state index contributed by atoms with van der Waals surface area (Å²) in [6.07, 6.45) is 0. The van der Waals surface area contributed by atoms with E-state index in [9.17, 15) is 0 Å². The van der Waals surface area contributed by atoms with Crippen molar-refractivity contribution in [3.8, 4) is 5.75 Å². The minimum absolute atomic E-state index is 0.659. The molecule has 0 saturated carbocycles. The van der Waals surface area contributed by atoms with Gasteiger partial charge >= 0.3 is 8.80 Å². The number of benzene rings is 1. The van der Waals surface area contributed by atoms with Crippen LogP contribution in [0.2, 0.25) is 0 Å². The molecular weight excluding hydrogens is 236 g/mol. The average Bonchev–Trinajstić information content (AvgIpc) is 2.38. The molecule has 0 aliphatic heterocycles. The fraction of sp³-hybridized carbons (Fsp3) is 0.500. The molecule has 1 aromatic rings. The highest BCUT2D eigenvalue weighted by atomic mass is 28.4. The van der Waals surface area contributed by atoms with Gasteiger partial charge in [0.25, 0.3) is 0 Å². The van der Waals surface area contributed by atoms with Gasteiger partial charge in [0, 0.05) is 27.4 Å². The molecular formula is C12H20O4Si. The van der Waals surface area contributed by atoms with Crippen molar-refractivity contribution < 1.29 is 18.0 Å². The van der Waals surface area contributed by atoms with Gasteiger partial charge in [-0.3, -0.25) is 0 Å². The van der Waals surface area contributed by atoms with Crippen LogP contribution in [0.4, 0.5) is 0 Å². The van der Waals surface area contributed by atoms with E-state index in [0.717, 1.165) is 16.9 Å². The molecule has 17 heavy (non-hydrogen) atoms. The molecule has 1 rings (SSSR count). The van der Waals surface area contributed by atoms with Crippen molar-refractivity contribution in [1.29, 1.82) is 0 Å². The van der Waals surface area contributed by atoms with Crippen molar-refractivity contribution in [2.45, 2.75) is 13.0 Å². The van der Waals surface area contributed by atoms with Crippen molar-refractivity contribution in [3.63, 3.8) is 0 Å². The summed E-state index contributed by atoms with van der Waals surface area (Å²) in [6.45, 7) is 2.04. The molecule has 0 amide bonds. The maximum absolute atomic E-state index is 5.41. The quantitative estimate of drug-likeness (QED) is 0.729. The molecule has 0 atom stereocenters. The lowest BCUT2D eigenvalue weighted by Gasteiger charge is -2.25. The second-order valence-corrected chi connectivity index (χ2v) is 6.71. The van der Waals surface area contributed by atoms with Crippen molar-refractivity contribution in [3.05, 3.63) is 29.3 Å². The van der Waals surface area contributed by atoms with Crippen LogP contribution in [-0.4, -0.2) is 37.2 Å². The van der Waals surface area contributed by atoms with E-state index >= 15 is 0 Å². The van der Waals surface area contributed by atoms with E-state index in [1.165, 1.54) is 0 Å². The van der Waals surface area contributed by atoms with Crippen molar-refractivity contribution in [2.24, 2.45) is 0 Å². The Kier molecular flexibility index (Phi) is 5.14. The molecule has 5 heteroatoms. The fourth-order valence-corrected chi connectivity index (χ4v) is 3.49. The first-order valence-electron chi connectivity index (χ1n) is 5.39. The van der Waals surface area contributed by atoms with E-state index in [0.29, 0.717) is 6.04 Å². The summed E-state index contributed by atoms with van der Waals surface area (Å²) in [5.41, 5.74) is 2.30. The van der Waals surface area contributed by atoms with Crippen molar-refractivity contribution >= 4 is 8.80 Å². The standard InChI is InChI=1S/C12H20O4Si/c1-10-8-12(13-2)7-6-11(10)9-17(14-3,15-4)16-5/h6-8H,9H2,1-5H3. The molecule has 1 aromatic carbocycles. The number of methoxy groups -OCH3 is 1. The van der Waals surface area contributed by atoms with Crippen LogP contribution in [0.3, 0.4) is 0 Å². The Morgan fingerprint density at radius 1 is 1.00 bits per heavy atom. The first-order valence-corrected chi connectivity index (χ1v) is 7.33. The lowest BCUT2D eigenvalue weighted by Crippen LogP contribution is -2.45. The van der Waals surface area contributed by atoms with Gasteiger partial charge in [-0.15, -0.1) is 0 Å². The second kappa shape index (κ2) is 6.16. The van der Waals surface area contributed by atoms with Crippen LogP contribution in [-0.2, 0) is 19.3 Å². The predicted molar refractivity (Wildman–Crippen MR) is 68.2 cm³/mol. The zero-order valence-corrected chi connectivity index (χ0v) is 12.1. The fourth-order valence-electron chi connectivity index (χ4n) is 1.69. The topological polar surface area (TPSA) is 36.9 Å². The van der Waals surface area contributed by atoms with E-state index in [2.05, 4.69) is 0 Å². The Bertz CT molecular complexity index is 355. The van der Waals surface area contributed by atoms with Crippen LogP contribution in [0.1, 0.15) is 11.1 Å². The zero-order valence-electron chi connectivity index (χ0n) is 11.1. The highest BCUT2D eigenvalue weighted by Crippen LogP contribution is 2.21. The molecule has 0 fully saturated rings. The minimum atomic E-state index is -2.56. The average molecular weight is 256 g/mol. The van der Waals surface area contributed by atoms with Gasteiger partial charge in [-0.1, -0.05) is 6.07 Å². The molecule has 0 radical (unpaired) electrons. The summed E-state index contributed by atoms with van der Waals surface area (Å²) in [5.74, 6) is 0.853.